The first-order chi connectivity index (χ1) is 15.9. The number of thiophene rings is 1. The first-order valence-corrected chi connectivity index (χ1v) is 11.5. The van der Waals surface area contributed by atoms with Gasteiger partial charge in [0.15, 0.2) is 0 Å². The number of fused-ring (bicyclic) bond motifs is 1. The Morgan fingerprint density at radius 3 is 1.59 bits per heavy atom. The van der Waals surface area contributed by atoms with Crippen LogP contribution in [0.3, 0.4) is 0 Å². The summed E-state index contributed by atoms with van der Waals surface area (Å²) in [7, 11) is 0. The predicted molar refractivity (Wildman–Crippen MR) is 136 cm³/mol. The van der Waals surface area contributed by atoms with Crippen molar-refractivity contribution >= 4 is 22.1 Å². The number of hydrogen-bond acceptors (Lipinski definition) is 2. The standard InChI is InChI=1S/C30H20OS/c1-4-12-21(13-5-1)27-20-26(28(31-27)22-14-6-2-7-15-22)30-25-19-11-10-18-24(25)29(32-30)23-16-8-3-9-17-23/h1-20H. The molecule has 0 fully saturated rings. The first-order valence-electron chi connectivity index (χ1n) is 10.7. The van der Waals surface area contributed by atoms with Crippen LogP contribution in [0.15, 0.2) is 126 Å². The van der Waals surface area contributed by atoms with Gasteiger partial charge in [0.05, 0.1) is 0 Å². The van der Waals surface area contributed by atoms with Crippen molar-refractivity contribution in [3.05, 3.63) is 121 Å². The number of hydrogen-bond donors (Lipinski definition) is 0. The maximum absolute atomic E-state index is 6.51. The molecule has 0 aliphatic heterocycles. The average molecular weight is 429 g/mol. The predicted octanol–water partition coefficient (Wildman–Crippen LogP) is 9.16. The minimum Gasteiger partial charge on any atom is -0.455 e. The van der Waals surface area contributed by atoms with Gasteiger partial charge in [0, 0.05) is 37.2 Å². The lowest BCUT2D eigenvalue weighted by molar-refractivity contribution is 0.598. The van der Waals surface area contributed by atoms with Crippen molar-refractivity contribution in [2.75, 3.05) is 0 Å². The van der Waals surface area contributed by atoms with Crippen molar-refractivity contribution in [1.82, 2.24) is 0 Å². The molecule has 152 valence electrons. The minimum absolute atomic E-state index is 0.887. The molecule has 0 N–H and O–H groups in total. The Kier molecular flexibility index (Phi) is 4.71. The van der Waals surface area contributed by atoms with Crippen LogP contribution in [-0.2, 0) is 0 Å². The van der Waals surface area contributed by atoms with Gasteiger partial charge >= 0.3 is 0 Å². The zero-order valence-electron chi connectivity index (χ0n) is 17.4. The minimum atomic E-state index is 0.887. The lowest BCUT2D eigenvalue weighted by Gasteiger charge is -2.02. The van der Waals surface area contributed by atoms with Crippen LogP contribution < -0.4 is 0 Å². The van der Waals surface area contributed by atoms with E-state index in [-0.39, 0.29) is 0 Å². The van der Waals surface area contributed by atoms with Crippen molar-refractivity contribution in [3.8, 4) is 43.5 Å². The molecule has 0 unspecified atom stereocenters. The summed E-state index contributed by atoms with van der Waals surface area (Å²) < 4.78 is 6.51. The topological polar surface area (TPSA) is 13.1 Å². The van der Waals surface area contributed by atoms with E-state index in [0.29, 0.717) is 0 Å². The van der Waals surface area contributed by atoms with Crippen molar-refractivity contribution < 1.29 is 4.42 Å². The molecule has 0 aliphatic carbocycles. The normalized spacial score (nSPS) is 11.1. The molecule has 32 heavy (non-hydrogen) atoms. The number of furan rings is 1. The Balaban J connectivity index is 1.63. The molecule has 0 amide bonds. The summed E-state index contributed by atoms with van der Waals surface area (Å²) in [4.78, 5) is 2.53. The molecule has 2 heterocycles. The van der Waals surface area contributed by atoms with Crippen LogP contribution in [0.1, 0.15) is 0 Å². The summed E-state index contributed by atoms with van der Waals surface area (Å²) in [5.41, 5.74) is 4.55. The second-order valence-corrected chi connectivity index (χ2v) is 8.78. The van der Waals surface area contributed by atoms with Crippen molar-refractivity contribution in [1.29, 1.82) is 0 Å². The smallest absolute Gasteiger partial charge is 0.143 e. The second kappa shape index (κ2) is 7.99. The molecule has 6 rings (SSSR count). The number of rotatable bonds is 4. The van der Waals surface area contributed by atoms with E-state index in [0.717, 1.165) is 28.2 Å². The van der Waals surface area contributed by atoms with Crippen LogP contribution in [0.4, 0.5) is 0 Å². The second-order valence-electron chi connectivity index (χ2n) is 7.76. The highest BCUT2D eigenvalue weighted by Gasteiger charge is 2.21. The van der Waals surface area contributed by atoms with Crippen molar-refractivity contribution in [2.45, 2.75) is 0 Å². The van der Waals surface area contributed by atoms with E-state index in [1.165, 1.54) is 26.1 Å². The fourth-order valence-corrected chi connectivity index (χ4v) is 5.50. The SMILES string of the molecule is c1ccc(-c2cc(-c3sc(-c4ccccc4)c4ccccc34)c(-c3ccccc3)o2)cc1. The van der Waals surface area contributed by atoms with E-state index >= 15 is 0 Å². The third-order valence-corrected chi connectivity index (χ3v) is 7.03. The maximum Gasteiger partial charge on any atom is 0.143 e. The average Bonchev–Trinajstić information content (AvgIpc) is 3.48. The van der Waals surface area contributed by atoms with E-state index < -0.39 is 0 Å². The van der Waals surface area contributed by atoms with Gasteiger partial charge in [0.2, 0.25) is 0 Å². The summed E-state index contributed by atoms with van der Waals surface area (Å²) in [6, 6.07) is 42.2. The Morgan fingerprint density at radius 2 is 0.969 bits per heavy atom. The van der Waals surface area contributed by atoms with Crippen LogP contribution >= 0.6 is 11.3 Å². The zero-order valence-corrected chi connectivity index (χ0v) is 18.2. The molecular formula is C30H20OS. The molecule has 0 saturated heterocycles. The van der Waals surface area contributed by atoms with Gasteiger partial charge in [-0.05, 0) is 11.6 Å². The van der Waals surface area contributed by atoms with E-state index in [1.54, 1.807) is 0 Å². The quantitative estimate of drug-likeness (QED) is 0.273. The summed E-state index contributed by atoms with van der Waals surface area (Å²) in [6.07, 6.45) is 0. The largest absolute Gasteiger partial charge is 0.455 e. The van der Waals surface area contributed by atoms with Gasteiger partial charge in [-0.2, -0.15) is 0 Å². The van der Waals surface area contributed by atoms with Crippen molar-refractivity contribution in [3.63, 3.8) is 0 Å². The zero-order chi connectivity index (χ0) is 21.3. The first kappa shape index (κ1) is 18.9. The highest BCUT2D eigenvalue weighted by Crippen LogP contribution is 2.48. The van der Waals surface area contributed by atoms with E-state index in [4.69, 9.17) is 4.42 Å². The van der Waals surface area contributed by atoms with E-state index in [2.05, 4.69) is 97.1 Å². The molecule has 0 atom stereocenters. The highest BCUT2D eigenvalue weighted by atomic mass is 32.1. The molecule has 6 aromatic rings. The molecule has 2 heteroatoms. The fraction of sp³-hybridized carbons (Fsp3) is 0. The summed E-state index contributed by atoms with van der Waals surface area (Å²) >= 11 is 1.84. The van der Waals surface area contributed by atoms with Gasteiger partial charge in [0.25, 0.3) is 0 Å². The third-order valence-electron chi connectivity index (χ3n) is 5.73. The third kappa shape index (κ3) is 3.26. The molecule has 0 saturated carbocycles. The monoisotopic (exact) mass is 428 g/mol. The Bertz CT molecular complexity index is 1490. The Morgan fingerprint density at radius 1 is 0.469 bits per heavy atom. The van der Waals surface area contributed by atoms with Crippen LogP contribution in [0.25, 0.3) is 54.3 Å². The highest BCUT2D eigenvalue weighted by molar-refractivity contribution is 7.21. The van der Waals surface area contributed by atoms with Gasteiger partial charge < -0.3 is 4.42 Å². The molecule has 2 aromatic heterocycles. The van der Waals surface area contributed by atoms with Gasteiger partial charge in [0.1, 0.15) is 11.5 Å². The van der Waals surface area contributed by atoms with Crippen molar-refractivity contribution in [2.24, 2.45) is 0 Å². The molecule has 0 aliphatic rings. The Hall–Kier alpha value is -3.88. The van der Waals surface area contributed by atoms with E-state index in [1.807, 2.05) is 35.6 Å². The van der Waals surface area contributed by atoms with Crippen LogP contribution in [-0.4, -0.2) is 0 Å². The summed E-state index contributed by atoms with van der Waals surface area (Å²) in [5, 5.41) is 2.54. The summed E-state index contributed by atoms with van der Waals surface area (Å²) in [6.45, 7) is 0. The molecule has 4 aromatic carbocycles. The van der Waals surface area contributed by atoms with Crippen LogP contribution in [0.5, 0.6) is 0 Å². The van der Waals surface area contributed by atoms with Gasteiger partial charge in [-0.15, -0.1) is 11.3 Å². The van der Waals surface area contributed by atoms with Crippen LogP contribution in [0, 0.1) is 0 Å². The lowest BCUT2D eigenvalue weighted by atomic mass is 10.0. The van der Waals surface area contributed by atoms with Gasteiger partial charge in [-0.25, -0.2) is 0 Å². The van der Waals surface area contributed by atoms with Gasteiger partial charge in [-0.3, -0.25) is 0 Å². The number of benzene rings is 4. The molecular weight excluding hydrogens is 408 g/mol. The van der Waals surface area contributed by atoms with Gasteiger partial charge in [-0.1, -0.05) is 115 Å². The molecule has 0 spiro atoms. The molecule has 0 radical (unpaired) electrons. The fourth-order valence-electron chi connectivity index (χ4n) is 4.20. The van der Waals surface area contributed by atoms with Crippen LogP contribution in [0.2, 0.25) is 0 Å². The molecule has 1 nitrogen and oxygen atoms in total. The Labute approximate surface area is 191 Å². The maximum atomic E-state index is 6.51. The molecule has 0 bridgehead atoms. The lowest BCUT2D eigenvalue weighted by Crippen LogP contribution is -1.77. The van der Waals surface area contributed by atoms with E-state index in [9.17, 15) is 0 Å². The summed E-state index contributed by atoms with van der Waals surface area (Å²) in [5.74, 6) is 1.80.